The van der Waals surface area contributed by atoms with E-state index in [-0.39, 0.29) is 18.4 Å². The fourth-order valence-electron chi connectivity index (χ4n) is 2.41. The molecule has 1 aromatic carbocycles. The molecule has 1 aliphatic heterocycles. The fourth-order valence-corrected chi connectivity index (χ4v) is 2.70. The van der Waals surface area contributed by atoms with E-state index in [1.165, 1.54) is 6.07 Å². The van der Waals surface area contributed by atoms with E-state index < -0.39 is 5.97 Å². The van der Waals surface area contributed by atoms with Gasteiger partial charge in [-0.25, -0.2) is 4.79 Å². The van der Waals surface area contributed by atoms with Crippen molar-refractivity contribution >= 4 is 17.6 Å². The van der Waals surface area contributed by atoms with E-state index >= 15 is 0 Å². The van der Waals surface area contributed by atoms with Crippen molar-refractivity contribution in [3.63, 3.8) is 0 Å². The van der Waals surface area contributed by atoms with Crippen molar-refractivity contribution < 1.29 is 19.4 Å². The standard InChI is InChI=1S/C14H13ClN2O4/c1-6(2)11-12(8-4-9(14(18)19)17-16-8)7(15)3-10-13(11)21-5-20-10/h3-4,6H,5H2,1-2H3,(H,16,17)(H,18,19). The third-order valence-corrected chi connectivity index (χ3v) is 3.59. The van der Waals surface area contributed by atoms with Crippen LogP contribution in [0.4, 0.5) is 0 Å². The lowest BCUT2D eigenvalue weighted by atomic mass is 9.93. The van der Waals surface area contributed by atoms with Crippen LogP contribution in [0.3, 0.4) is 0 Å². The summed E-state index contributed by atoms with van der Waals surface area (Å²) in [4.78, 5) is 11.0. The number of fused-ring (bicyclic) bond motifs is 1. The van der Waals surface area contributed by atoms with Crippen molar-refractivity contribution in [2.75, 3.05) is 6.79 Å². The monoisotopic (exact) mass is 308 g/mol. The van der Waals surface area contributed by atoms with E-state index in [9.17, 15) is 4.79 Å². The fraction of sp³-hybridized carbons (Fsp3) is 0.286. The lowest BCUT2D eigenvalue weighted by molar-refractivity contribution is 0.0690. The number of halogens is 1. The minimum absolute atomic E-state index is 0.00781. The van der Waals surface area contributed by atoms with Gasteiger partial charge in [0.05, 0.1) is 10.7 Å². The maximum Gasteiger partial charge on any atom is 0.353 e. The largest absolute Gasteiger partial charge is 0.477 e. The van der Waals surface area contributed by atoms with Gasteiger partial charge >= 0.3 is 5.97 Å². The molecule has 21 heavy (non-hydrogen) atoms. The van der Waals surface area contributed by atoms with E-state index in [0.717, 1.165) is 5.56 Å². The number of carboxylic acid groups (broad SMARTS) is 1. The smallest absolute Gasteiger partial charge is 0.353 e. The van der Waals surface area contributed by atoms with Gasteiger partial charge in [0.2, 0.25) is 6.79 Å². The number of aromatic amines is 1. The third kappa shape index (κ3) is 2.21. The highest BCUT2D eigenvalue weighted by atomic mass is 35.5. The van der Waals surface area contributed by atoms with Crippen molar-refractivity contribution in [3.05, 3.63) is 28.4 Å². The molecule has 1 aliphatic rings. The Kier molecular flexibility index (Phi) is 3.25. The Labute approximate surface area is 125 Å². The van der Waals surface area contributed by atoms with E-state index in [4.69, 9.17) is 26.2 Å². The second-order valence-electron chi connectivity index (χ2n) is 5.01. The number of hydrogen-bond donors (Lipinski definition) is 2. The van der Waals surface area contributed by atoms with Crippen LogP contribution >= 0.6 is 11.6 Å². The molecule has 0 atom stereocenters. The molecule has 0 saturated heterocycles. The quantitative estimate of drug-likeness (QED) is 0.909. The van der Waals surface area contributed by atoms with Crippen LogP contribution in [-0.4, -0.2) is 28.1 Å². The van der Waals surface area contributed by atoms with Crippen molar-refractivity contribution in [2.24, 2.45) is 0 Å². The van der Waals surface area contributed by atoms with E-state index in [1.807, 2.05) is 13.8 Å². The molecular formula is C14H13ClN2O4. The van der Waals surface area contributed by atoms with Crippen LogP contribution in [0.15, 0.2) is 12.1 Å². The number of aromatic nitrogens is 2. The number of carbonyl (C=O) groups is 1. The second kappa shape index (κ2) is 4.96. The topological polar surface area (TPSA) is 84.4 Å². The molecule has 7 heteroatoms. The molecule has 0 fully saturated rings. The van der Waals surface area contributed by atoms with E-state index in [2.05, 4.69) is 10.2 Å². The number of nitrogens with zero attached hydrogens (tertiary/aromatic N) is 1. The number of carboxylic acids is 1. The summed E-state index contributed by atoms with van der Waals surface area (Å²) in [6.07, 6.45) is 0. The zero-order valence-electron chi connectivity index (χ0n) is 11.4. The molecule has 2 heterocycles. The first kappa shape index (κ1) is 13.8. The minimum atomic E-state index is -1.07. The summed E-state index contributed by atoms with van der Waals surface area (Å²) in [6, 6.07) is 3.12. The molecule has 6 nitrogen and oxygen atoms in total. The number of rotatable bonds is 3. The highest BCUT2D eigenvalue weighted by molar-refractivity contribution is 6.33. The van der Waals surface area contributed by atoms with Gasteiger partial charge in [-0.05, 0) is 12.0 Å². The van der Waals surface area contributed by atoms with Crippen LogP contribution in [0.25, 0.3) is 11.3 Å². The van der Waals surface area contributed by atoms with Crippen molar-refractivity contribution in [3.8, 4) is 22.8 Å². The normalized spacial score (nSPS) is 13.0. The maximum absolute atomic E-state index is 11.0. The average molecular weight is 309 g/mol. The van der Waals surface area contributed by atoms with Gasteiger partial charge in [-0.1, -0.05) is 25.4 Å². The van der Waals surface area contributed by atoms with Gasteiger partial charge in [0.1, 0.15) is 5.69 Å². The van der Waals surface area contributed by atoms with Gasteiger partial charge in [-0.2, -0.15) is 5.10 Å². The molecule has 0 spiro atoms. The Morgan fingerprint density at radius 1 is 1.43 bits per heavy atom. The first-order chi connectivity index (χ1) is 9.99. The molecule has 110 valence electrons. The predicted octanol–water partition coefficient (Wildman–Crippen LogP) is 3.28. The average Bonchev–Trinajstić information content (AvgIpc) is 3.04. The van der Waals surface area contributed by atoms with Crippen molar-refractivity contribution in [2.45, 2.75) is 19.8 Å². The van der Waals surface area contributed by atoms with E-state index in [1.54, 1.807) is 6.07 Å². The number of H-pyrrole nitrogens is 1. The van der Waals surface area contributed by atoms with Gasteiger partial charge in [0, 0.05) is 17.2 Å². The zero-order chi connectivity index (χ0) is 15.1. The maximum atomic E-state index is 11.0. The molecule has 0 bridgehead atoms. The van der Waals surface area contributed by atoms with Crippen LogP contribution in [0.1, 0.15) is 35.8 Å². The highest BCUT2D eigenvalue weighted by Crippen LogP contribution is 2.48. The van der Waals surface area contributed by atoms with Crippen LogP contribution < -0.4 is 9.47 Å². The number of hydrogen-bond acceptors (Lipinski definition) is 4. The minimum Gasteiger partial charge on any atom is -0.477 e. The summed E-state index contributed by atoms with van der Waals surface area (Å²) in [5.74, 6) is 0.279. The zero-order valence-corrected chi connectivity index (χ0v) is 12.2. The van der Waals surface area contributed by atoms with Gasteiger partial charge in [0.25, 0.3) is 0 Å². The molecular weight excluding hydrogens is 296 g/mol. The first-order valence-electron chi connectivity index (χ1n) is 6.40. The number of nitrogens with one attached hydrogen (secondary N) is 1. The van der Waals surface area contributed by atoms with Crippen molar-refractivity contribution in [1.29, 1.82) is 0 Å². The highest BCUT2D eigenvalue weighted by Gasteiger charge is 2.27. The summed E-state index contributed by atoms with van der Waals surface area (Å²) in [5, 5.41) is 16.0. The van der Waals surface area contributed by atoms with Crippen LogP contribution in [0.2, 0.25) is 5.02 Å². The molecule has 0 aliphatic carbocycles. The molecule has 0 amide bonds. The SMILES string of the molecule is CC(C)c1c2c(cc(Cl)c1-c1cc(C(=O)O)[nH]n1)OCO2. The van der Waals surface area contributed by atoms with Crippen LogP contribution in [0.5, 0.6) is 11.5 Å². The summed E-state index contributed by atoms with van der Waals surface area (Å²) in [6.45, 7) is 4.15. The number of benzene rings is 1. The lowest BCUT2D eigenvalue weighted by Gasteiger charge is -2.15. The Bertz CT molecular complexity index is 724. The van der Waals surface area contributed by atoms with Gasteiger partial charge in [-0.15, -0.1) is 0 Å². The summed E-state index contributed by atoms with van der Waals surface area (Å²) < 4.78 is 10.9. The van der Waals surface area contributed by atoms with Crippen LogP contribution in [0, 0.1) is 0 Å². The first-order valence-corrected chi connectivity index (χ1v) is 6.78. The Hall–Kier alpha value is -2.21. The molecule has 2 N–H and O–H groups in total. The van der Waals surface area contributed by atoms with Gasteiger partial charge in [0.15, 0.2) is 11.5 Å². The van der Waals surface area contributed by atoms with E-state index in [0.29, 0.717) is 27.8 Å². The Balaban J connectivity index is 2.23. The molecule has 2 aromatic rings. The molecule has 0 unspecified atom stereocenters. The molecule has 1 aromatic heterocycles. The Morgan fingerprint density at radius 3 is 2.81 bits per heavy atom. The lowest BCUT2D eigenvalue weighted by Crippen LogP contribution is -1.98. The van der Waals surface area contributed by atoms with Crippen LogP contribution in [-0.2, 0) is 0 Å². The van der Waals surface area contributed by atoms with Crippen molar-refractivity contribution in [1.82, 2.24) is 10.2 Å². The number of aromatic carboxylic acids is 1. The summed E-state index contributed by atoms with van der Waals surface area (Å²) in [5.41, 5.74) is 2.01. The van der Waals surface area contributed by atoms with Gasteiger partial charge < -0.3 is 14.6 Å². The molecule has 0 radical (unpaired) electrons. The number of ether oxygens (including phenoxy) is 2. The molecule has 0 saturated carbocycles. The second-order valence-corrected chi connectivity index (χ2v) is 5.41. The third-order valence-electron chi connectivity index (χ3n) is 3.29. The Morgan fingerprint density at radius 2 is 2.19 bits per heavy atom. The predicted molar refractivity (Wildman–Crippen MR) is 76.2 cm³/mol. The summed E-state index contributed by atoms with van der Waals surface area (Å²) in [7, 11) is 0. The van der Waals surface area contributed by atoms with Gasteiger partial charge in [-0.3, -0.25) is 5.10 Å². The molecule has 3 rings (SSSR count). The summed E-state index contributed by atoms with van der Waals surface area (Å²) >= 11 is 6.34.